The molecule has 6 heteroatoms. The monoisotopic (exact) mass is 471 g/mol. The van der Waals surface area contributed by atoms with E-state index in [1.165, 1.54) is 36.7 Å². The van der Waals surface area contributed by atoms with E-state index in [2.05, 4.69) is 29.1 Å². The van der Waals surface area contributed by atoms with E-state index >= 15 is 0 Å². The third-order valence-electron chi connectivity index (χ3n) is 8.39. The number of aromatic nitrogens is 1. The summed E-state index contributed by atoms with van der Waals surface area (Å²) in [7, 11) is 0. The summed E-state index contributed by atoms with van der Waals surface area (Å²) in [5.41, 5.74) is 3.01. The van der Waals surface area contributed by atoms with Gasteiger partial charge in [0.1, 0.15) is 0 Å². The fraction of sp³-hybridized carbons (Fsp3) is 0.393. The number of amides is 2. The first-order valence-corrected chi connectivity index (χ1v) is 13.0. The number of anilines is 1. The van der Waals surface area contributed by atoms with Crippen LogP contribution in [0.15, 0.2) is 54.4 Å². The maximum absolute atomic E-state index is 13.1. The molecule has 2 bridgehead atoms. The molecule has 0 saturated heterocycles. The summed E-state index contributed by atoms with van der Waals surface area (Å²) >= 11 is 1.39. The molecule has 6 rings (SSSR count). The van der Waals surface area contributed by atoms with Crippen molar-refractivity contribution < 1.29 is 9.59 Å². The molecule has 2 aromatic carbocycles. The highest BCUT2D eigenvalue weighted by atomic mass is 32.1. The van der Waals surface area contributed by atoms with Crippen LogP contribution >= 0.6 is 11.3 Å². The van der Waals surface area contributed by atoms with Gasteiger partial charge in [-0.05, 0) is 78.9 Å². The fourth-order valence-electron chi connectivity index (χ4n) is 7.01. The van der Waals surface area contributed by atoms with Crippen LogP contribution in [0.25, 0.3) is 22.0 Å². The van der Waals surface area contributed by atoms with Crippen molar-refractivity contribution in [2.45, 2.75) is 45.1 Å². The van der Waals surface area contributed by atoms with Crippen LogP contribution in [0.3, 0.4) is 0 Å². The first-order valence-electron chi connectivity index (χ1n) is 12.1. The summed E-state index contributed by atoms with van der Waals surface area (Å²) in [5, 5.41) is 10.6. The first-order chi connectivity index (χ1) is 16.4. The minimum Gasteiger partial charge on any atom is -0.347 e. The van der Waals surface area contributed by atoms with E-state index < -0.39 is 0 Å². The van der Waals surface area contributed by atoms with Crippen molar-refractivity contribution in [3.05, 3.63) is 59.4 Å². The summed E-state index contributed by atoms with van der Waals surface area (Å²) in [6.45, 7) is 6.00. The molecule has 1 heterocycles. The highest BCUT2D eigenvalue weighted by Gasteiger charge is 2.58. The molecule has 2 N–H and O–H groups in total. The summed E-state index contributed by atoms with van der Waals surface area (Å²) in [6.07, 6.45) is 7.50. The summed E-state index contributed by atoms with van der Waals surface area (Å²) in [6, 6.07) is 12.1. The standard InChI is InChI=1S/C28H29N3O2S/c1-3-25(32)30-23-6-4-5-17-7-8-18(12-21(17)23)24-15-34-27(31-24)26(33)29-20-9-16-10-22-19(11-20)14-28(22,2)13-16/h3-8,12,15-16,19-20,22H,1,9-11,13-14H2,2H3,(H,29,33)(H,30,32). The van der Waals surface area contributed by atoms with Crippen molar-refractivity contribution in [3.8, 4) is 11.3 Å². The van der Waals surface area contributed by atoms with E-state index in [0.717, 1.165) is 58.3 Å². The highest BCUT2D eigenvalue weighted by molar-refractivity contribution is 7.12. The normalized spacial score (nSPS) is 29.2. The van der Waals surface area contributed by atoms with Crippen LogP contribution in [0, 0.1) is 23.2 Å². The average Bonchev–Trinajstić information content (AvgIpc) is 3.36. The predicted molar refractivity (Wildman–Crippen MR) is 137 cm³/mol. The van der Waals surface area contributed by atoms with Crippen LogP contribution in [-0.2, 0) is 4.79 Å². The zero-order valence-electron chi connectivity index (χ0n) is 19.3. The number of hydrogen-bond donors (Lipinski definition) is 2. The maximum Gasteiger partial charge on any atom is 0.280 e. The predicted octanol–water partition coefficient (Wildman–Crippen LogP) is 6.03. The Hall–Kier alpha value is -2.99. The lowest BCUT2D eigenvalue weighted by molar-refractivity contribution is -0.111. The lowest BCUT2D eigenvalue weighted by atomic mass is 9.54. The van der Waals surface area contributed by atoms with Crippen molar-refractivity contribution >= 4 is 39.6 Å². The molecule has 2 amide bonds. The van der Waals surface area contributed by atoms with E-state index in [4.69, 9.17) is 0 Å². The molecule has 5 nitrogen and oxygen atoms in total. The molecule has 5 atom stereocenters. The fourth-order valence-corrected chi connectivity index (χ4v) is 7.74. The molecule has 0 radical (unpaired) electrons. The second kappa shape index (κ2) is 8.05. The van der Waals surface area contributed by atoms with E-state index in [1.54, 1.807) is 0 Å². The van der Waals surface area contributed by atoms with E-state index in [9.17, 15) is 9.59 Å². The number of rotatable bonds is 5. The zero-order valence-corrected chi connectivity index (χ0v) is 20.2. The van der Waals surface area contributed by atoms with E-state index in [-0.39, 0.29) is 17.9 Å². The average molecular weight is 472 g/mol. The number of hydrogen-bond acceptors (Lipinski definition) is 4. The molecule has 3 aromatic rings. The van der Waals surface area contributed by atoms with Crippen LogP contribution in [0.4, 0.5) is 5.69 Å². The number of thiazole rings is 1. The molecular formula is C28H29N3O2S. The molecule has 3 aliphatic rings. The van der Waals surface area contributed by atoms with Gasteiger partial charge in [-0.2, -0.15) is 0 Å². The van der Waals surface area contributed by atoms with Crippen molar-refractivity contribution in [2.75, 3.05) is 5.32 Å². The van der Waals surface area contributed by atoms with Crippen molar-refractivity contribution in [1.29, 1.82) is 0 Å². The number of nitrogens with zero attached hydrogens (tertiary/aromatic N) is 1. The molecule has 1 aromatic heterocycles. The Balaban J connectivity index is 1.20. The van der Waals surface area contributed by atoms with E-state index in [0.29, 0.717) is 10.4 Å². The smallest absolute Gasteiger partial charge is 0.280 e. The Labute approximate surface area is 203 Å². The number of carbonyl (C=O) groups excluding carboxylic acids is 2. The molecule has 34 heavy (non-hydrogen) atoms. The lowest BCUT2D eigenvalue weighted by Gasteiger charge is -2.51. The van der Waals surface area contributed by atoms with Crippen LogP contribution in [-0.4, -0.2) is 22.8 Å². The van der Waals surface area contributed by atoms with Crippen LogP contribution in [0.5, 0.6) is 0 Å². The number of fused-ring (bicyclic) bond motifs is 2. The van der Waals surface area contributed by atoms with Gasteiger partial charge in [0.25, 0.3) is 5.91 Å². The minimum absolute atomic E-state index is 0.0548. The van der Waals surface area contributed by atoms with Gasteiger partial charge in [-0.1, -0.05) is 37.8 Å². The molecule has 0 aliphatic heterocycles. The third kappa shape index (κ3) is 3.65. The van der Waals surface area contributed by atoms with Gasteiger partial charge >= 0.3 is 0 Å². The van der Waals surface area contributed by atoms with Gasteiger partial charge in [-0.3, -0.25) is 9.59 Å². The molecule has 5 unspecified atom stereocenters. The van der Waals surface area contributed by atoms with Gasteiger partial charge in [-0.25, -0.2) is 4.98 Å². The first kappa shape index (κ1) is 21.5. The largest absolute Gasteiger partial charge is 0.347 e. The van der Waals surface area contributed by atoms with Gasteiger partial charge in [-0.15, -0.1) is 11.3 Å². The van der Waals surface area contributed by atoms with Gasteiger partial charge in [0.15, 0.2) is 5.01 Å². The Bertz CT molecular complexity index is 1310. The Morgan fingerprint density at radius 1 is 1.18 bits per heavy atom. The SMILES string of the molecule is C=CC(=O)Nc1cccc2ccc(-c3csc(C(=O)NC4CC5CC6C(C4)CC6(C)C5)n3)cc12. The van der Waals surface area contributed by atoms with E-state index in [1.807, 2.05) is 41.8 Å². The van der Waals surface area contributed by atoms with Gasteiger partial charge in [0.2, 0.25) is 5.91 Å². The van der Waals surface area contributed by atoms with Gasteiger partial charge < -0.3 is 10.6 Å². The van der Waals surface area contributed by atoms with Crippen molar-refractivity contribution in [2.24, 2.45) is 23.2 Å². The molecule has 3 saturated carbocycles. The second-order valence-corrected chi connectivity index (χ2v) is 11.5. The van der Waals surface area contributed by atoms with Crippen molar-refractivity contribution in [1.82, 2.24) is 10.3 Å². The van der Waals surface area contributed by atoms with Crippen LogP contribution < -0.4 is 10.6 Å². The lowest BCUT2D eigenvalue weighted by Crippen LogP contribution is -2.47. The van der Waals surface area contributed by atoms with Gasteiger partial charge in [0, 0.05) is 28.1 Å². The quantitative estimate of drug-likeness (QED) is 0.446. The molecule has 174 valence electrons. The van der Waals surface area contributed by atoms with Crippen molar-refractivity contribution in [3.63, 3.8) is 0 Å². The summed E-state index contributed by atoms with van der Waals surface area (Å²) in [4.78, 5) is 29.6. The molecule has 3 fully saturated rings. The summed E-state index contributed by atoms with van der Waals surface area (Å²) in [5.74, 6) is 2.11. The number of benzene rings is 2. The Morgan fingerprint density at radius 2 is 2.06 bits per heavy atom. The second-order valence-electron chi connectivity index (χ2n) is 10.6. The van der Waals surface area contributed by atoms with Crippen LogP contribution in [0.2, 0.25) is 0 Å². The molecule has 0 spiro atoms. The van der Waals surface area contributed by atoms with Gasteiger partial charge in [0.05, 0.1) is 5.69 Å². The Morgan fingerprint density at radius 3 is 2.91 bits per heavy atom. The highest BCUT2D eigenvalue weighted by Crippen LogP contribution is 2.65. The number of carbonyl (C=O) groups is 2. The number of nitrogens with one attached hydrogen (secondary N) is 2. The third-order valence-corrected chi connectivity index (χ3v) is 9.24. The molecule has 3 aliphatic carbocycles. The minimum atomic E-state index is -0.246. The maximum atomic E-state index is 13.1. The topological polar surface area (TPSA) is 71.1 Å². The molecular weight excluding hydrogens is 442 g/mol. The zero-order chi connectivity index (χ0) is 23.4. The summed E-state index contributed by atoms with van der Waals surface area (Å²) < 4.78 is 0. The van der Waals surface area contributed by atoms with Crippen LogP contribution in [0.1, 0.15) is 48.8 Å². The Kier molecular flexibility index (Phi) is 5.10.